The first-order chi connectivity index (χ1) is 18.3. The maximum absolute atomic E-state index is 6.34. The van der Waals surface area contributed by atoms with E-state index in [4.69, 9.17) is 9.72 Å². The Balaban J connectivity index is 1.32. The minimum Gasteiger partial charge on any atom is -0.457 e. The van der Waals surface area contributed by atoms with Gasteiger partial charge in [-0.1, -0.05) is 42.5 Å². The van der Waals surface area contributed by atoms with Crippen LogP contribution in [0.3, 0.4) is 0 Å². The molecular formula is C32H19N3OS. The molecule has 0 fully saturated rings. The van der Waals surface area contributed by atoms with Gasteiger partial charge in [-0.05, 0) is 60.0 Å². The first-order valence-corrected chi connectivity index (χ1v) is 13.0. The average molecular weight is 494 g/mol. The summed E-state index contributed by atoms with van der Waals surface area (Å²) in [6.07, 6.45) is 5.75. The lowest BCUT2D eigenvalue weighted by Crippen LogP contribution is -1.92. The van der Waals surface area contributed by atoms with Gasteiger partial charge in [-0.3, -0.25) is 9.38 Å². The molecule has 0 unspecified atom stereocenters. The highest BCUT2D eigenvalue weighted by Gasteiger charge is 2.16. The van der Waals surface area contributed by atoms with E-state index < -0.39 is 0 Å². The molecule has 4 heterocycles. The second-order valence-corrected chi connectivity index (χ2v) is 10.2. The molecule has 37 heavy (non-hydrogen) atoms. The number of benzene rings is 4. The third kappa shape index (κ3) is 3.14. The fourth-order valence-corrected chi connectivity index (χ4v) is 6.45. The second kappa shape index (κ2) is 7.88. The van der Waals surface area contributed by atoms with Crippen LogP contribution in [0.1, 0.15) is 0 Å². The van der Waals surface area contributed by atoms with Gasteiger partial charge < -0.3 is 4.74 Å². The maximum atomic E-state index is 6.34. The Hall–Kier alpha value is -4.74. The topological polar surface area (TPSA) is 39.4 Å². The van der Waals surface area contributed by atoms with Gasteiger partial charge in [-0.25, -0.2) is 4.98 Å². The molecule has 4 aromatic heterocycles. The molecule has 8 rings (SSSR count). The Morgan fingerprint density at radius 2 is 1.51 bits per heavy atom. The van der Waals surface area contributed by atoms with Gasteiger partial charge in [0, 0.05) is 55.1 Å². The van der Waals surface area contributed by atoms with Crippen molar-refractivity contribution in [3.05, 3.63) is 116 Å². The number of thiophene rings is 1. The van der Waals surface area contributed by atoms with E-state index in [0.29, 0.717) is 0 Å². The lowest BCUT2D eigenvalue weighted by molar-refractivity contribution is 0.483. The smallest absolute Gasteiger partial charge is 0.145 e. The van der Waals surface area contributed by atoms with Crippen molar-refractivity contribution in [2.45, 2.75) is 0 Å². The quantitative estimate of drug-likeness (QED) is 0.231. The van der Waals surface area contributed by atoms with Crippen LogP contribution in [0.4, 0.5) is 0 Å². The molecule has 4 aromatic carbocycles. The van der Waals surface area contributed by atoms with Crippen LogP contribution in [0.2, 0.25) is 0 Å². The van der Waals surface area contributed by atoms with Gasteiger partial charge in [-0.2, -0.15) is 0 Å². The molecule has 0 aliphatic carbocycles. The van der Waals surface area contributed by atoms with E-state index in [2.05, 4.69) is 64.1 Å². The number of aromatic nitrogens is 3. The van der Waals surface area contributed by atoms with Gasteiger partial charge in [0.1, 0.15) is 17.1 Å². The zero-order valence-electron chi connectivity index (χ0n) is 19.6. The van der Waals surface area contributed by atoms with E-state index in [1.54, 1.807) is 6.20 Å². The summed E-state index contributed by atoms with van der Waals surface area (Å²) in [5.41, 5.74) is 4.07. The largest absolute Gasteiger partial charge is 0.457 e. The van der Waals surface area contributed by atoms with E-state index in [9.17, 15) is 0 Å². The fraction of sp³-hybridized carbons (Fsp3) is 0. The monoisotopic (exact) mass is 493 g/mol. The summed E-state index contributed by atoms with van der Waals surface area (Å²) in [4.78, 5) is 9.24. The Morgan fingerprint density at radius 1 is 0.622 bits per heavy atom. The molecular weight excluding hydrogens is 474 g/mol. The summed E-state index contributed by atoms with van der Waals surface area (Å²) in [6.45, 7) is 0. The van der Waals surface area contributed by atoms with Crippen molar-refractivity contribution in [3.63, 3.8) is 0 Å². The van der Waals surface area contributed by atoms with E-state index in [1.807, 2.05) is 66.1 Å². The number of nitrogens with zero attached hydrogens (tertiary/aromatic N) is 3. The third-order valence-corrected chi connectivity index (χ3v) is 8.09. The number of rotatable bonds is 3. The lowest BCUT2D eigenvalue weighted by Gasteiger charge is -2.12. The third-order valence-electron chi connectivity index (χ3n) is 6.95. The minimum absolute atomic E-state index is 0.772. The van der Waals surface area contributed by atoms with Crippen molar-refractivity contribution >= 4 is 58.8 Å². The second-order valence-electron chi connectivity index (χ2n) is 9.11. The summed E-state index contributed by atoms with van der Waals surface area (Å²) in [5.74, 6) is 1.55. The molecule has 0 saturated heterocycles. The van der Waals surface area contributed by atoms with Gasteiger partial charge in [0.15, 0.2) is 0 Å². The Bertz CT molecular complexity index is 2130. The van der Waals surface area contributed by atoms with Crippen molar-refractivity contribution in [2.24, 2.45) is 0 Å². The van der Waals surface area contributed by atoms with E-state index in [1.165, 1.54) is 36.5 Å². The predicted molar refractivity (Wildman–Crippen MR) is 153 cm³/mol. The van der Waals surface area contributed by atoms with E-state index in [0.717, 1.165) is 33.8 Å². The van der Waals surface area contributed by atoms with Crippen molar-refractivity contribution in [2.75, 3.05) is 0 Å². The van der Waals surface area contributed by atoms with Crippen LogP contribution in [0.25, 0.3) is 58.8 Å². The molecule has 0 aliphatic heterocycles. The molecule has 0 radical (unpaired) electrons. The highest BCUT2D eigenvalue weighted by atomic mass is 32.1. The van der Waals surface area contributed by atoms with Gasteiger partial charge in [0.25, 0.3) is 0 Å². The zero-order valence-corrected chi connectivity index (χ0v) is 20.4. The van der Waals surface area contributed by atoms with Crippen LogP contribution in [0, 0.1) is 0 Å². The number of imidazole rings is 1. The lowest BCUT2D eigenvalue weighted by atomic mass is 10.0. The summed E-state index contributed by atoms with van der Waals surface area (Å²) < 4.78 is 11.2. The molecule has 8 aromatic rings. The zero-order chi connectivity index (χ0) is 24.3. The highest BCUT2D eigenvalue weighted by molar-refractivity contribution is 7.26. The van der Waals surface area contributed by atoms with Gasteiger partial charge in [0.05, 0.1) is 11.2 Å². The van der Waals surface area contributed by atoms with Crippen LogP contribution in [-0.2, 0) is 0 Å². The number of hydrogen-bond acceptors (Lipinski definition) is 4. The van der Waals surface area contributed by atoms with Gasteiger partial charge in [-0.15, -0.1) is 11.3 Å². The molecule has 5 heteroatoms. The molecule has 4 nitrogen and oxygen atoms in total. The van der Waals surface area contributed by atoms with E-state index >= 15 is 0 Å². The molecule has 0 spiro atoms. The SMILES string of the molecule is c1ccc(-c2cccc(Oc3ccc4c(c3)c3nccn3c3c4ccc4sc5ccccc5c43)c2)nc1. The van der Waals surface area contributed by atoms with Gasteiger partial charge in [0.2, 0.25) is 0 Å². The molecule has 0 atom stereocenters. The number of pyridine rings is 2. The average Bonchev–Trinajstić information content (AvgIpc) is 3.59. The normalized spacial score (nSPS) is 11.8. The number of hydrogen-bond donors (Lipinski definition) is 0. The Morgan fingerprint density at radius 3 is 2.46 bits per heavy atom. The van der Waals surface area contributed by atoms with Gasteiger partial charge >= 0.3 is 0 Å². The summed E-state index contributed by atoms with van der Waals surface area (Å²) in [7, 11) is 0. The van der Waals surface area contributed by atoms with Crippen molar-refractivity contribution in [3.8, 4) is 22.8 Å². The van der Waals surface area contributed by atoms with E-state index in [-0.39, 0.29) is 0 Å². The molecule has 0 saturated carbocycles. The van der Waals surface area contributed by atoms with Crippen LogP contribution >= 0.6 is 11.3 Å². The Kier molecular flexibility index (Phi) is 4.36. The maximum Gasteiger partial charge on any atom is 0.145 e. The summed E-state index contributed by atoms with van der Waals surface area (Å²) >= 11 is 1.84. The first kappa shape index (κ1) is 20.5. The summed E-state index contributed by atoms with van der Waals surface area (Å²) in [6, 6.07) is 33.4. The fourth-order valence-electron chi connectivity index (χ4n) is 5.34. The molecule has 174 valence electrons. The highest BCUT2D eigenvalue weighted by Crippen LogP contribution is 2.41. The first-order valence-electron chi connectivity index (χ1n) is 12.2. The van der Waals surface area contributed by atoms with Crippen molar-refractivity contribution < 1.29 is 4.74 Å². The number of fused-ring (bicyclic) bond motifs is 10. The van der Waals surface area contributed by atoms with Crippen LogP contribution in [-0.4, -0.2) is 14.4 Å². The predicted octanol–water partition coefficient (Wildman–Crippen LogP) is 8.86. The van der Waals surface area contributed by atoms with Crippen LogP contribution in [0.5, 0.6) is 11.5 Å². The van der Waals surface area contributed by atoms with Crippen molar-refractivity contribution in [1.82, 2.24) is 14.4 Å². The molecule has 0 N–H and O–H groups in total. The number of ether oxygens (including phenoxy) is 1. The Labute approximate surface area is 216 Å². The standard InChI is InChI=1S/C32H19N3OS/c1-2-10-28-25(8-1)30-29(37-28)14-13-24-23-12-11-22(19-26(23)32-34-16-17-35(32)31(24)30)36-21-7-5-6-20(18-21)27-9-3-4-15-33-27/h1-19H. The minimum atomic E-state index is 0.772. The van der Waals surface area contributed by atoms with Crippen LogP contribution < -0.4 is 4.74 Å². The summed E-state index contributed by atoms with van der Waals surface area (Å²) in [5, 5.41) is 6.01. The van der Waals surface area contributed by atoms with Crippen LogP contribution in [0.15, 0.2) is 116 Å². The molecule has 0 bridgehead atoms. The van der Waals surface area contributed by atoms with Crippen molar-refractivity contribution in [1.29, 1.82) is 0 Å². The molecule has 0 aliphatic rings. The molecule has 0 amide bonds.